The molecule has 3 heteroatoms. The van der Waals surface area contributed by atoms with Crippen molar-refractivity contribution < 1.29 is 9.90 Å². The molecular weight excluding hydrogens is 310 g/mol. The molecular formula is C22H17NO2. The van der Waals surface area contributed by atoms with Crippen molar-refractivity contribution in [3.63, 3.8) is 0 Å². The first-order valence-electron chi connectivity index (χ1n) is 8.18. The zero-order valence-electron chi connectivity index (χ0n) is 13.6. The first-order valence-corrected chi connectivity index (χ1v) is 8.18. The lowest BCUT2D eigenvalue weighted by Gasteiger charge is -2.09. The molecule has 0 atom stereocenters. The Labute approximate surface area is 145 Å². The van der Waals surface area contributed by atoms with Crippen LogP contribution in [0.3, 0.4) is 0 Å². The number of carbonyl (C=O) groups is 1. The fraction of sp³-hybridized carbons (Fsp3) is 0.0455. The Kier molecular flexibility index (Phi) is 3.82. The largest absolute Gasteiger partial charge is 0.478 e. The van der Waals surface area contributed by atoms with E-state index in [0.717, 1.165) is 16.5 Å². The second-order valence-electron chi connectivity index (χ2n) is 6.06. The van der Waals surface area contributed by atoms with Crippen LogP contribution in [0.4, 0.5) is 0 Å². The van der Waals surface area contributed by atoms with Gasteiger partial charge in [-0.1, -0.05) is 66.7 Å². The smallest absolute Gasteiger partial charge is 0.337 e. The lowest BCUT2D eigenvalue weighted by molar-refractivity contribution is 0.0698. The molecule has 0 unspecified atom stereocenters. The highest BCUT2D eigenvalue weighted by atomic mass is 16.4. The van der Waals surface area contributed by atoms with Crippen molar-refractivity contribution in [3.05, 3.63) is 96.2 Å². The van der Waals surface area contributed by atoms with E-state index in [2.05, 4.69) is 36.4 Å². The van der Waals surface area contributed by atoms with Crippen LogP contribution >= 0.6 is 0 Å². The molecule has 0 aliphatic rings. The normalized spacial score (nSPS) is 10.9. The van der Waals surface area contributed by atoms with Crippen molar-refractivity contribution in [1.82, 2.24) is 4.57 Å². The van der Waals surface area contributed by atoms with E-state index in [0.29, 0.717) is 12.1 Å². The molecule has 4 rings (SSSR count). The van der Waals surface area contributed by atoms with Crippen molar-refractivity contribution in [3.8, 4) is 11.1 Å². The number of hydrogen-bond donors (Lipinski definition) is 1. The number of aromatic nitrogens is 1. The summed E-state index contributed by atoms with van der Waals surface area (Å²) in [5, 5.41) is 10.4. The Bertz CT molecular complexity index is 1030. The first-order chi connectivity index (χ1) is 12.2. The van der Waals surface area contributed by atoms with Crippen LogP contribution in [-0.4, -0.2) is 15.6 Å². The summed E-state index contributed by atoms with van der Waals surface area (Å²) in [6, 6.07) is 26.0. The van der Waals surface area contributed by atoms with Crippen molar-refractivity contribution in [1.29, 1.82) is 0 Å². The highest BCUT2D eigenvalue weighted by Gasteiger charge is 2.12. The van der Waals surface area contributed by atoms with E-state index in [1.54, 1.807) is 12.1 Å². The summed E-state index contributed by atoms with van der Waals surface area (Å²) in [4.78, 5) is 11.5. The van der Waals surface area contributed by atoms with Crippen LogP contribution in [0.5, 0.6) is 0 Å². The molecule has 0 aliphatic heterocycles. The molecule has 0 amide bonds. The highest BCUT2D eigenvalue weighted by Crippen LogP contribution is 2.23. The number of rotatable bonds is 4. The average molecular weight is 327 g/mol. The van der Waals surface area contributed by atoms with Gasteiger partial charge in [0.1, 0.15) is 0 Å². The van der Waals surface area contributed by atoms with Crippen molar-refractivity contribution in [2.24, 2.45) is 0 Å². The van der Waals surface area contributed by atoms with E-state index in [4.69, 9.17) is 0 Å². The van der Waals surface area contributed by atoms with Gasteiger partial charge in [0.05, 0.1) is 11.1 Å². The predicted octanol–water partition coefficient (Wildman–Crippen LogP) is 5.05. The maximum Gasteiger partial charge on any atom is 0.337 e. The van der Waals surface area contributed by atoms with E-state index >= 15 is 0 Å². The number of benzene rings is 3. The molecule has 0 saturated carbocycles. The van der Waals surface area contributed by atoms with E-state index in [1.807, 2.05) is 41.1 Å². The van der Waals surface area contributed by atoms with Gasteiger partial charge in [-0.25, -0.2) is 4.79 Å². The van der Waals surface area contributed by atoms with Gasteiger partial charge in [0.15, 0.2) is 0 Å². The summed E-state index contributed by atoms with van der Waals surface area (Å²) in [7, 11) is 0. The third kappa shape index (κ3) is 2.92. The van der Waals surface area contributed by atoms with E-state index in [9.17, 15) is 9.90 Å². The third-order valence-corrected chi connectivity index (χ3v) is 4.43. The molecule has 3 nitrogen and oxygen atoms in total. The van der Waals surface area contributed by atoms with Crippen molar-refractivity contribution >= 4 is 16.9 Å². The van der Waals surface area contributed by atoms with E-state index in [-0.39, 0.29) is 0 Å². The second-order valence-corrected chi connectivity index (χ2v) is 6.06. The summed E-state index contributed by atoms with van der Waals surface area (Å²) in [5.41, 5.74) is 4.60. The maximum absolute atomic E-state index is 11.5. The fourth-order valence-corrected chi connectivity index (χ4v) is 3.20. The number of nitrogens with zero attached hydrogens (tertiary/aromatic N) is 1. The van der Waals surface area contributed by atoms with Gasteiger partial charge in [0.2, 0.25) is 0 Å². The molecule has 3 aromatic carbocycles. The van der Waals surface area contributed by atoms with Gasteiger partial charge in [-0.3, -0.25) is 0 Å². The zero-order chi connectivity index (χ0) is 17.2. The summed E-state index contributed by atoms with van der Waals surface area (Å²) in [5.74, 6) is -0.898. The predicted molar refractivity (Wildman–Crippen MR) is 99.9 cm³/mol. The molecule has 0 fully saturated rings. The summed E-state index contributed by atoms with van der Waals surface area (Å²) in [6.07, 6.45) is 1.95. The van der Waals surface area contributed by atoms with Crippen molar-refractivity contribution in [2.45, 2.75) is 6.54 Å². The molecule has 0 radical (unpaired) electrons. The van der Waals surface area contributed by atoms with Gasteiger partial charge in [0.25, 0.3) is 0 Å². The first kappa shape index (κ1) is 15.2. The molecule has 25 heavy (non-hydrogen) atoms. The Hall–Kier alpha value is -3.33. The van der Waals surface area contributed by atoms with Crippen LogP contribution in [0.15, 0.2) is 85.1 Å². The second kappa shape index (κ2) is 6.29. The molecule has 0 aliphatic carbocycles. The van der Waals surface area contributed by atoms with Crippen LogP contribution in [-0.2, 0) is 6.54 Å². The Balaban J connectivity index is 1.67. The Morgan fingerprint density at radius 3 is 2.24 bits per heavy atom. The summed E-state index contributed by atoms with van der Waals surface area (Å²) in [6.45, 7) is 0.642. The summed E-state index contributed by atoms with van der Waals surface area (Å²) < 4.78 is 2.00. The van der Waals surface area contributed by atoms with E-state index < -0.39 is 5.97 Å². The van der Waals surface area contributed by atoms with Crippen LogP contribution in [0.2, 0.25) is 0 Å². The minimum atomic E-state index is -0.898. The molecule has 4 aromatic rings. The quantitative estimate of drug-likeness (QED) is 0.569. The van der Waals surface area contributed by atoms with Gasteiger partial charge >= 0.3 is 5.97 Å². The Morgan fingerprint density at radius 2 is 1.52 bits per heavy atom. The number of aromatic carboxylic acids is 1. The average Bonchev–Trinajstić information content (AvgIpc) is 3.06. The molecule has 0 spiro atoms. The molecule has 0 bridgehead atoms. The maximum atomic E-state index is 11.5. The van der Waals surface area contributed by atoms with Crippen LogP contribution in [0.25, 0.3) is 22.0 Å². The van der Waals surface area contributed by atoms with Crippen LogP contribution in [0, 0.1) is 0 Å². The number of carboxylic acid groups (broad SMARTS) is 1. The minimum absolute atomic E-state index is 0.336. The third-order valence-electron chi connectivity index (χ3n) is 4.43. The fourth-order valence-electron chi connectivity index (χ4n) is 3.20. The van der Waals surface area contributed by atoms with Gasteiger partial charge in [-0.2, -0.15) is 0 Å². The molecule has 0 saturated heterocycles. The highest BCUT2D eigenvalue weighted by molar-refractivity contribution is 6.02. The number of carboxylic acids is 1. The number of para-hydroxylation sites is 1. The molecule has 1 N–H and O–H groups in total. The molecule has 122 valence electrons. The van der Waals surface area contributed by atoms with Crippen LogP contribution in [0.1, 0.15) is 15.9 Å². The molecule has 1 aromatic heterocycles. The molecule has 1 heterocycles. The van der Waals surface area contributed by atoms with Gasteiger partial charge in [-0.05, 0) is 28.8 Å². The number of fused-ring (bicyclic) bond motifs is 1. The van der Waals surface area contributed by atoms with Gasteiger partial charge < -0.3 is 9.67 Å². The van der Waals surface area contributed by atoms with Gasteiger partial charge in [-0.15, -0.1) is 0 Å². The van der Waals surface area contributed by atoms with Gasteiger partial charge in [0, 0.05) is 18.1 Å². The lowest BCUT2D eigenvalue weighted by Crippen LogP contribution is -2.04. The van der Waals surface area contributed by atoms with E-state index in [1.165, 1.54) is 11.1 Å². The minimum Gasteiger partial charge on any atom is -0.478 e. The monoisotopic (exact) mass is 327 g/mol. The van der Waals surface area contributed by atoms with Crippen molar-refractivity contribution in [2.75, 3.05) is 0 Å². The Morgan fingerprint density at radius 1 is 0.800 bits per heavy atom. The lowest BCUT2D eigenvalue weighted by atomic mass is 10.0. The SMILES string of the molecule is O=C(O)c1cccc2ccn(Cc3ccc(-c4ccccc4)cc3)c12. The standard InChI is InChI=1S/C22H17NO2/c24-22(25)20-8-4-7-19-13-14-23(21(19)20)15-16-9-11-18(12-10-16)17-5-2-1-3-6-17/h1-14H,15H2,(H,24,25). The summed E-state index contributed by atoms with van der Waals surface area (Å²) >= 11 is 0. The van der Waals surface area contributed by atoms with Crippen LogP contribution < -0.4 is 0 Å². The topological polar surface area (TPSA) is 42.2 Å². The number of hydrogen-bond acceptors (Lipinski definition) is 1. The zero-order valence-corrected chi connectivity index (χ0v) is 13.6.